The molecule has 0 atom stereocenters. The third-order valence-corrected chi connectivity index (χ3v) is 0.905. The molecule has 0 bridgehead atoms. The van der Waals surface area contributed by atoms with Gasteiger partial charge in [0, 0.05) is 0 Å². The van der Waals surface area contributed by atoms with Gasteiger partial charge in [-0.05, 0) is 17.7 Å². The van der Waals surface area contributed by atoms with Gasteiger partial charge in [0.1, 0.15) is 0 Å². The topological polar surface area (TPSA) is 18.5 Å². The highest BCUT2D eigenvalue weighted by Crippen LogP contribution is 2.06. The fraction of sp³-hybridized carbons (Fsp3) is 0.500. The van der Waals surface area contributed by atoms with E-state index in [0.717, 1.165) is 0 Å². The van der Waals surface area contributed by atoms with Crippen molar-refractivity contribution in [1.82, 2.24) is 0 Å². The van der Waals surface area contributed by atoms with Gasteiger partial charge in [0.05, 0.1) is 6.61 Å². The average Bonchev–Trinajstić information content (AvgIpc) is 1.69. The second-order valence-electron chi connectivity index (χ2n) is 1.14. The van der Waals surface area contributed by atoms with Crippen LogP contribution in [0.2, 0.25) is 0 Å². The molecule has 0 aliphatic carbocycles. The zero-order chi connectivity index (χ0) is 5.11. The highest BCUT2D eigenvalue weighted by Gasteiger charge is 1.96. The number of halogens is 1. The lowest BCUT2D eigenvalue weighted by Gasteiger charge is -2.08. The van der Waals surface area contributed by atoms with Crippen LogP contribution in [0.5, 0.6) is 0 Å². The number of hydrogen-bond donors (Lipinski definition) is 0. The molecule has 3 heteroatoms. The average molecular weight is 121 g/mol. The maximum atomic E-state index is 5.38. The van der Waals surface area contributed by atoms with Crippen LogP contribution in [0, 0.1) is 0 Å². The van der Waals surface area contributed by atoms with Crippen molar-refractivity contribution in [3.63, 3.8) is 0 Å². The van der Waals surface area contributed by atoms with E-state index in [1.165, 1.54) is 0 Å². The Morgan fingerprint density at radius 1 is 1.71 bits per heavy atom. The van der Waals surface area contributed by atoms with Crippen molar-refractivity contribution in [2.75, 3.05) is 13.4 Å². The normalized spacial score (nSPS) is 20.4. The molecule has 0 aromatic heterocycles. The zero-order valence-electron chi connectivity index (χ0n) is 3.69. The molecular formula is C4H5ClO2. The van der Waals surface area contributed by atoms with Gasteiger partial charge in [0.15, 0.2) is 12.0 Å². The molecule has 0 fully saturated rings. The summed E-state index contributed by atoms with van der Waals surface area (Å²) < 4.78 is 9.44. The quantitative estimate of drug-likeness (QED) is 0.476. The first kappa shape index (κ1) is 4.94. The third-order valence-electron chi connectivity index (χ3n) is 0.642. The Morgan fingerprint density at radius 2 is 2.57 bits per heavy atom. The fourth-order valence-corrected chi connectivity index (χ4v) is 0.437. The Bertz CT molecular complexity index is 89.7. The Labute approximate surface area is 46.7 Å². The van der Waals surface area contributed by atoms with Crippen LogP contribution in [0.15, 0.2) is 11.3 Å². The van der Waals surface area contributed by atoms with Crippen molar-refractivity contribution in [3.8, 4) is 0 Å². The molecule has 1 rings (SSSR count). The summed E-state index contributed by atoms with van der Waals surface area (Å²) >= 11 is 5.38. The van der Waals surface area contributed by atoms with E-state index in [9.17, 15) is 0 Å². The third kappa shape index (κ3) is 1.37. The molecule has 2 nitrogen and oxygen atoms in total. The summed E-state index contributed by atoms with van der Waals surface area (Å²) in [5, 5.41) is 0.436. The molecule has 0 saturated carbocycles. The summed E-state index contributed by atoms with van der Waals surface area (Å²) in [6.07, 6.45) is 1.67. The fourth-order valence-electron chi connectivity index (χ4n) is 0.329. The second-order valence-corrected chi connectivity index (χ2v) is 1.51. The van der Waals surface area contributed by atoms with Crippen molar-refractivity contribution >= 4 is 11.6 Å². The van der Waals surface area contributed by atoms with Gasteiger partial charge in [-0.15, -0.1) is 0 Å². The summed E-state index contributed by atoms with van der Waals surface area (Å²) in [4.78, 5) is 0. The SMILES string of the molecule is ClC1=CCOCO1. The van der Waals surface area contributed by atoms with Crippen LogP contribution in [-0.2, 0) is 9.47 Å². The minimum absolute atomic E-state index is 0.287. The standard InChI is InChI=1S/C4H5ClO2/c5-4-1-2-6-3-7-4/h1H,2-3H2. The molecule has 0 aromatic rings. The second kappa shape index (κ2) is 2.19. The summed E-state index contributed by atoms with van der Waals surface area (Å²) in [5.74, 6) is 0. The van der Waals surface area contributed by atoms with Crippen LogP contribution in [0.1, 0.15) is 0 Å². The van der Waals surface area contributed by atoms with Gasteiger partial charge in [-0.1, -0.05) is 0 Å². The van der Waals surface area contributed by atoms with E-state index >= 15 is 0 Å². The van der Waals surface area contributed by atoms with Gasteiger partial charge in [-0.2, -0.15) is 0 Å². The van der Waals surface area contributed by atoms with Gasteiger partial charge in [0.25, 0.3) is 0 Å². The molecule has 7 heavy (non-hydrogen) atoms. The Hall–Kier alpha value is -0.210. The Balaban J connectivity index is 2.40. The lowest BCUT2D eigenvalue weighted by molar-refractivity contribution is -0.0204. The Morgan fingerprint density at radius 3 is 2.86 bits per heavy atom. The van der Waals surface area contributed by atoms with E-state index in [-0.39, 0.29) is 6.79 Å². The molecule has 0 saturated heterocycles. The van der Waals surface area contributed by atoms with Crippen molar-refractivity contribution in [3.05, 3.63) is 11.3 Å². The van der Waals surface area contributed by atoms with Crippen LogP contribution in [0.25, 0.3) is 0 Å². The van der Waals surface area contributed by atoms with Gasteiger partial charge >= 0.3 is 0 Å². The zero-order valence-corrected chi connectivity index (χ0v) is 4.44. The van der Waals surface area contributed by atoms with E-state index in [2.05, 4.69) is 4.74 Å². The number of rotatable bonds is 0. The Kier molecular flexibility index (Phi) is 1.54. The minimum atomic E-state index is 0.287. The van der Waals surface area contributed by atoms with E-state index in [4.69, 9.17) is 16.3 Å². The minimum Gasteiger partial charge on any atom is -0.457 e. The molecule has 1 aliphatic rings. The van der Waals surface area contributed by atoms with Crippen molar-refractivity contribution in [1.29, 1.82) is 0 Å². The molecule has 0 radical (unpaired) electrons. The monoisotopic (exact) mass is 120 g/mol. The van der Waals surface area contributed by atoms with Crippen LogP contribution >= 0.6 is 11.6 Å². The maximum absolute atomic E-state index is 5.38. The first-order valence-electron chi connectivity index (χ1n) is 1.96. The van der Waals surface area contributed by atoms with Gasteiger partial charge in [-0.25, -0.2) is 0 Å². The van der Waals surface area contributed by atoms with Gasteiger partial charge < -0.3 is 9.47 Å². The van der Waals surface area contributed by atoms with E-state index in [0.29, 0.717) is 11.8 Å². The highest BCUT2D eigenvalue weighted by atomic mass is 35.5. The predicted octanol–water partition coefficient (Wildman–Crippen LogP) is 1.07. The molecule has 0 aromatic carbocycles. The largest absolute Gasteiger partial charge is 0.457 e. The van der Waals surface area contributed by atoms with Gasteiger partial charge in [-0.3, -0.25) is 0 Å². The first-order valence-corrected chi connectivity index (χ1v) is 2.33. The number of hydrogen-bond acceptors (Lipinski definition) is 2. The molecule has 0 amide bonds. The summed E-state index contributed by atoms with van der Waals surface area (Å²) in [6, 6.07) is 0. The molecule has 0 N–H and O–H groups in total. The lowest BCUT2D eigenvalue weighted by atomic mass is 10.6. The van der Waals surface area contributed by atoms with Crippen molar-refractivity contribution in [2.24, 2.45) is 0 Å². The summed E-state index contributed by atoms with van der Waals surface area (Å²) in [6.45, 7) is 0.855. The molecule has 0 spiro atoms. The van der Waals surface area contributed by atoms with Crippen LogP contribution in [0.4, 0.5) is 0 Å². The highest BCUT2D eigenvalue weighted by molar-refractivity contribution is 6.28. The predicted molar refractivity (Wildman–Crippen MR) is 25.8 cm³/mol. The molecule has 0 unspecified atom stereocenters. The van der Waals surface area contributed by atoms with Crippen LogP contribution in [-0.4, -0.2) is 13.4 Å². The van der Waals surface area contributed by atoms with Crippen LogP contribution in [0.3, 0.4) is 0 Å². The van der Waals surface area contributed by atoms with E-state index in [1.807, 2.05) is 0 Å². The van der Waals surface area contributed by atoms with E-state index in [1.54, 1.807) is 6.08 Å². The number of ether oxygens (including phenoxy) is 2. The molecule has 1 aliphatic heterocycles. The van der Waals surface area contributed by atoms with Crippen LogP contribution < -0.4 is 0 Å². The van der Waals surface area contributed by atoms with Crippen molar-refractivity contribution < 1.29 is 9.47 Å². The van der Waals surface area contributed by atoms with E-state index < -0.39 is 0 Å². The molecule has 1 heterocycles. The molecule has 40 valence electrons. The van der Waals surface area contributed by atoms with Crippen molar-refractivity contribution in [2.45, 2.75) is 0 Å². The maximum Gasteiger partial charge on any atom is 0.190 e. The summed E-state index contributed by atoms with van der Waals surface area (Å²) in [7, 11) is 0. The van der Waals surface area contributed by atoms with Gasteiger partial charge in [0.2, 0.25) is 0 Å². The molecular weight excluding hydrogens is 115 g/mol. The first-order chi connectivity index (χ1) is 3.39. The summed E-state index contributed by atoms with van der Waals surface area (Å²) in [5.41, 5.74) is 0. The smallest absolute Gasteiger partial charge is 0.190 e. The lowest BCUT2D eigenvalue weighted by Crippen LogP contribution is -2.03.